The summed E-state index contributed by atoms with van der Waals surface area (Å²) in [5, 5.41) is 10.7. The summed E-state index contributed by atoms with van der Waals surface area (Å²) in [5.41, 5.74) is 2.80. The van der Waals surface area contributed by atoms with Crippen molar-refractivity contribution in [3.05, 3.63) is 71.3 Å². The third-order valence-corrected chi connectivity index (χ3v) is 3.50. The molecule has 0 saturated carbocycles. The Kier molecular flexibility index (Phi) is 4.99. The van der Waals surface area contributed by atoms with Gasteiger partial charge in [-0.2, -0.15) is 0 Å². The van der Waals surface area contributed by atoms with Gasteiger partial charge in [0.15, 0.2) is 0 Å². The second kappa shape index (κ2) is 6.75. The van der Waals surface area contributed by atoms with Crippen LogP contribution < -0.4 is 0 Å². The third kappa shape index (κ3) is 4.43. The molecule has 0 heterocycles. The van der Waals surface area contributed by atoms with Crippen LogP contribution in [0.25, 0.3) is 0 Å². The van der Waals surface area contributed by atoms with Gasteiger partial charge in [0, 0.05) is 0 Å². The van der Waals surface area contributed by atoms with Crippen LogP contribution in [0.1, 0.15) is 37.5 Å². The molecule has 0 bridgehead atoms. The predicted molar refractivity (Wildman–Crippen MR) is 87.8 cm³/mol. The van der Waals surface area contributed by atoms with Crippen LogP contribution in [0.15, 0.2) is 54.6 Å². The Labute approximate surface area is 132 Å². The molecule has 0 saturated heterocycles. The number of nitrogens with zero attached hydrogens (tertiary/aromatic N) is 1. The van der Waals surface area contributed by atoms with Crippen molar-refractivity contribution >= 4 is 5.91 Å². The zero-order valence-corrected chi connectivity index (χ0v) is 13.4. The first kappa shape index (κ1) is 16.2. The monoisotopic (exact) mass is 297 g/mol. The number of hydrogen-bond donors (Lipinski definition) is 1. The van der Waals surface area contributed by atoms with Crippen LogP contribution in [0.4, 0.5) is 0 Å². The SMILES string of the molecule is CC(C)(C)N(O)C(=O)Cc1ccc(Cc2ccccc2)cc1. The van der Waals surface area contributed by atoms with Crippen molar-refractivity contribution in [2.24, 2.45) is 0 Å². The Morgan fingerprint density at radius 1 is 0.909 bits per heavy atom. The molecule has 2 aromatic carbocycles. The molecule has 0 aliphatic heterocycles. The molecule has 2 rings (SSSR count). The van der Waals surface area contributed by atoms with E-state index in [1.54, 1.807) is 20.8 Å². The molecule has 0 unspecified atom stereocenters. The normalized spacial score (nSPS) is 11.3. The van der Waals surface area contributed by atoms with E-state index in [4.69, 9.17) is 0 Å². The van der Waals surface area contributed by atoms with Crippen molar-refractivity contribution in [3.8, 4) is 0 Å². The topological polar surface area (TPSA) is 40.5 Å². The second-order valence-corrected chi connectivity index (χ2v) is 6.53. The van der Waals surface area contributed by atoms with Gasteiger partial charge < -0.3 is 0 Å². The smallest absolute Gasteiger partial charge is 0.250 e. The van der Waals surface area contributed by atoms with E-state index in [-0.39, 0.29) is 12.3 Å². The standard InChI is InChI=1S/C19H23NO2/c1-19(2,3)20(22)18(21)14-17-11-9-16(10-12-17)13-15-7-5-4-6-8-15/h4-12,22H,13-14H2,1-3H3. The molecular weight excluding hydrogens is 274 g/mol. The fraction of sp³-hybridized carbons (Fsp3) is 0.316. The lowest BCUT2D eigenvalue weighted by Crippen LogP contribution is -2.43. The van der Waals surface area contributed by atoms with E-state index < -0.39 is 5.54 Å². The van der Waals surface area contributed by atoms with Gasteiger partial charge >= 0.3 is 0 Å². The lowest BCUT2D eigenvalue weighted by atomic mass is 10.0. The molecule has 1 N–H and O–H groups in total. The maximum Gasteiger partial charge on any atom is 0.250 e. The highest BCUT2D eigenvalue weighted by Gasteiger charge is 2.24. The van der Waals surface area contributed by atoms with Crippen LogP contribution in [-0.4, -0.2) is 21.7 Å². The van der Waals surface area contributed by atoms with Crippen molar-refractivity contribution in [1.82, 2.24) is 5.06 Å². The van der Waals surface area contributed by atoms with Crippen LogP contribution in [0.2, 0.25) is 0 Å². The highest BCUT2D eigenvalue weighted by Crippen LogP contribution is 2.14. The number of hydroxylamine groups is 2. The van der Waals surface area contributed by atoms with Crippen LogP contribution in [0.5, 0.6) is 0 Å². The third-order valence-electron chi connectivity index (χ3n) is 3.50. The first-order valence-electron chi connectivity index (χ1n) is 7.50. The summed E-state index contributed by atoms with van der Waals surface area (Å²) in [6.45, 7) is 5.40. The molecule has 3 heteroatoms. The average Bonchev–Trinajstić information content (AvgIpc) is 2.48. The Balaban J connectivity index is 1.99. The van der Waals surface area contributed by atoms with Gasteiger partial charge in [-0.15, -0.1) is 0 Å². The van der Waals surface area contributed by atoms with Crippen LogP contribution in [0, 0.1) is 0 Å². The van der Waals surface area contributed by atoms with Crippen molar-refractivity contribution < 1.29 is 10.0 Å². The minimum absolute atomic E-state index is 0.208. The number of carbonyl (C=O) groups is 1. The second-order valence-electron chi connectivity index (χ2n) is 6.53. The van der Waals surface area contributed by atoms with Crippen LogP contribution >= 0.6 is 0 Å². The van der Waals surface area contributed by atoms with Gasteiger partial charge in [-0.3, -0.25) is 10.0 Å². The first-order chi connectivity index (χ1) is 10.4. The Hall–Kier alpha value is -2.13. The first-order valence-corrected chi connectivity index (χ1v) is 7.50. The van der Waals surface area contributed by atoms with E-state index in [1.807, 2.05) is 42.5 Å². The van der Waals surface area contributed by atoms with Crippen molar-refractivity contribution in [3.63, 3.8) is 0 Å². The molecule has 0 atom stereocenters. The van der Waals surface area contributed by atoms with Crippen LogP contribution in [0.3, 0.4) is 0 Å². The fourth-order valence-electron chi connectivity index (χ4n) is 2.23. The number of rotatable bonds is 4. The van der Waals surface area contributed by atoms with E-state index in [1.165, 1.54) is 11.1 Å². The van der Waals surface area contributed by atoms with Crippen molar-refractivity contribution in [1.29, 1.82) is 0 Å². The summed E-state index contributed by atoms with van der Waals surface area (Å²) >= 11 is 0. The van der Waals surface area contributed by atoms with E-state index in [2.05, 4.69) is 12.1 Å². The molecule has 2 aromatic rings. The van der Waals surface area contributed by atoms with E-state index in [0.29, 0.717) is 0 Å². The van der Waals surface area contributed by atoms with Gasteiger partial charge in [0.05, 0.1) is 12.0 Å². The van der Waals surface area contributed by atoms with E-state index >= 15 is 0 Å². The molecule has 116 valence electrons. The quantitative estimate of drug-likeness (QED) is 0.688. The van der Waals surface area contributed by atoms with Gasteiger partial charge in [-0.05, 0) is 43.9 Å². The zero-order valence-electron chi connectivity index (χ0n) is 13.4. The lowest BCUT2D eigenvalue weighted by molar-refractivity contribution is -0.186. The summed E-state index contributed by atoms with van der Waals surface area (Å²) in [4.78, 5) is 12.0. The fourth-order valence-corrected chi connectivity index (χ4v) is 2.23. The molecule has 0 aromatic heterocycles. The average molecular weight is 297 g/mol. The maximum atomic E-state index is 12.0. The van der Waals surface area contributed by atoms with Gasteiger partial charge in [-0.1, -0.05) is 54.6 Å². The lowest BCUT2D eigenvalue weighted by Gasteiger charge is -2.29. The highest BCUT2D eigenvalue weighted by molar-refractivity contribution is 5.78. The summed E-state index contributed by atoms with van der Waals surface area (Å²) in [6.07, 6.45) is 1.09. The summed E-state index contributed by atoms with van der Waals surface area (Å²) < 4.78 is 0. The predicted octanol–water partition coefficient (Wildman–Crippen LogP) is 3.84. The summed E-state index contributed by atoms with van der Waals surface area (Å²) in [5.74, 6) is -0.289. The largest absolute Gasteiger partial charge is 0.285 e. The molecule has 0 fully saturated rings. The molecule has 0 spiro atoms. The minimum atomic E-state index is -0.579. The Bertz CT molecular complexity index is 612. The summed E-state index contributed by atoms with van der Waals surface area (Å²) in [6, 6.07) is 18.3. The van der Waals surface area contributed by atoms with Gasteiger partial charge in [0.2, 0.25) is 0 Å². The highest BCUT2D eigenvalue weighted by atomic mass is 16.5. The number of hydrogen-bond acceptors (Lipinski definition) is 2. The summed E-state index contributed by atoms with van der Waals surface area (Å²) in [7, 11) is 0. The zero-order chi connectivity index (χ0) is 16.2. The molecule has 3 nitrogen and oxygen atoms in total. The van der Waals surface area contributed by atoms with Crippen molar-refractivity contribution in [2.75, 3.05) is 0 Å². The molecule has 0 aliphatic rings. The Morgan fingerprint density at radius 3 is 1.95 bits per heavy atom. The van der Waals surface area contributed by atoms with E-state index in [9.17, 15) is 10.0 Å². The number of carbonyl (C=O) groups excluding carboxylic acids is 1. The van der Waals surface area contributed by atoms with Gasteiger partial charge in [0.1, 0.15) is 0 Å². The van der Waals surface area contributed by atoms with Gasteiger partial charge in [-0.25, -0.2) is 5.06 Å². The number of benzene rings is 2. The van der Waals surface area contributed by atoms with Gasteiger partial charge in [0.25, 0.3) is 5.91 Å². The molecule has 0 radical (unpaired) electrons. The molecule has 1 amide bonds. The Morgan fingerprint density at radius 2 is 1.41 bits per heavy atom. The maximum absolute atomic E-state index is 12.0. The molecular formula is C19H23NO2. The molecule has 22 heavy (non-hydrogen) atoms. The molecule has 0 aliphatic carbocycles. The number of amides is 1. The van der Waals surface area contributed by atoms with Crippen molar-refractivity contribution in [2.45, 2.75) is 39.2 Å². The van der Waals surface area contributed by atoms with Crippen LogP contribution in [-0.2, 0) is 17.6 Å². The van der Waals surface area contributed by atoms with E-state index in [0.717, 1.165) is 17.0 Å². The minimum Gasteiger partial charge on any atom is -0.285 e.